The van der Waals surface area contributed by atoms with Crippen molar-refractivity contribution in [3.63, 3.8) is 0 Å². The van der Waals surface area contributed by atoms with E-state index in [1.807, 2.05) is 0 Å². The molecule has 0 aromatic heterocycles. The molecule has 0 radical (unpaired) electrons. The predicted molar refractivity (Wildman–Crippen MR) is 52.2 cm³/mol. The van der Waals surface area contributed by atoms with Gasteiger partial charge in [-0.1, -0.05) is 20.8 Å². The van der Waals surface area contributed by atoms with Crippen molar-refractivity contribution in [1.82, 2.24) is 5.32 Å². The molecule has 3 heteroatoms. The molecule has 1 aliphatic rings. The lowest BCUT2D eigenvalue weighted by molar-refractivity contribution is 0.0346. The van der Waals surface area contributed by atoms with Crippen LogP contribution in [-0.4, -0.2) is 32.3 Å². The molecule has 0 spiro atoms. The zero-order chi connectivity index (χ0) is 9.40. The molecule has 1 atom stereocenters. The lowest BCUT2D eigenvalue weighted by Gasteiger charge is -2.21. The van der Waals surface area contributed by atoms with Crippen molar-refractivity contribution in [3.8, 4) is 0 Å². The highest BCUT2D eigenvalue weighted by atomic mass is 16.5. The Hall–Kier alpha value is -0.120. The normalized spacial score (nSPS) is 23.2. The van der Waals surface area contributed by atoms with Crippen LogP contribution in [0.4, 0.5) is 0 Å². The van der Waals surface area contributed by atoms with Gasteiger partial charge in [-0.2, -0.15) is 0 Å². The van der Waals surface area contributed by atoms with E-state index in [0.29, 0.717) is 6.54 Å². The van der Waals surface area contributed by atoms with Gasteiger partial charge in [0.05, 0.1) is 12.7 Å². The van der Waals surface area contributed by atoms with Crippen LogP contribution in [0.25, 0.3) is 0 Å². The predicted octanol–water partition coefficient (Wildman–Crippen LogP) is 0.596. The van der Waals surface area contributed by atoms with Crippen molar-refractivity contribution < 1.29 is 4.74 Å². The third-order valence-corrected chi connectivity index (χ3v) is 1.27. The van der Waals surface area contributed by atoms with E-state index in [9.17, 15) is 0 Å². The third kappa shape index (κ3) is 7.98. The first-order valence-corrected chi connectivity index (χ1v) is 4.69. The van der Waals surface area contributed by atoms with Crippen LogP contribution in [0.1, 0.15) is 20.8 Å². The van der Waals surface area contributed by atoms with Gasteiger partial charge in [0.1, 0.15) is 0 Å². The molecule has 3 N–H and O–H groups in total. The Bertz CT molecular complexity index is 87.8. The van der Waals surface area contributed by atoms with Gasteiger partial charge < -0.3 is 15.8 Å². The molecular formula is C9H22N2O. The monoisotopic (exact) mass is 174 g/mol. The molecule has 1 rings (SSSR count). The average molecular weight is 174 g/mol. The standard InChI is InChI=1S/C5H12N2O.C4H10/c6-3-5-4-7-1-2-8-5;1-4(2)3/h5,7H,1-4,6H2;4H,1-3H3. The maximum atomic E-state index is 5.34. The number of nitrogens with one attached hydrogen (secondary N) is 1. The second-order valence-corrected chi connectivity index (χ2v) is 3.66. The molecule has 1 heterocycles. The highest BCUT2D eigenvalue weighted by molar-refractivity contribution is 4.66. The van der Waals surface area contributed by atoms with Crippen LogP contribution in [0.3, 0.4) is 0 Å². The van der Waals surface area contributed by atoms with Crippen LogP contribution >= 0.6 is 0 Å². The fourth-order valence-electron chi connectivity index (χ4n) is 0.771. The molecule has 1 aliphatic heterocycles. The molecule has 12 heavy (non-hydrogen) atoms. The minimum Gasteiger partial charge on any atom is -0.374 e. The number of morpholine rings is 1. The fourth-order valence-corrected chi connectivity index (χ4v) is 0.771. The molecule has 0 aliphatic carbocycles. The molecule has 1 fully saturated rings. The van der Waals surface area contributed by atoms with E-state index in [1.165, 1.54) is 0 Å². The van der Waals surface area contributed by atoms with Crippen LogP contribution in [0, 0.1) is 5.92 Å². The SMILES string of the molecule is CC(C)C.NCC1CNCCO1. The van der Waals surface area contributed by atoms with Gasteiger partial charge in [-0.25, -0.2) is 0 Å². The summed E-state index contributed by atoms with van der Waals surface area (Å²) in [6.45, 7) is 9.82. The lowest BCUT2D eigenvalue weighted by atomic mass is 10.3. The van der Waals surface area contributed by atoms with Crippen molar-refractivity contribution >= 4 is 0 Å². The van der Waals surface area contributed by atoms with Gasteiger partial charge in [-0.05, 0) is 5.92 Å². The smallest absolute Gasteiger partial charge is 0.0822 e. The minimum atomic E-state index is 0.253. The summed E-state index contributed by atoms with van der Waals surface area (Å²) in [5, 5.41) is 3.18. The minimum absolute atomic E-state index is 0.253. The largest absolute Gasteiger partial charge is 0.374 e. The average Bonchev–Trinajstić information content (AvgIpc) is 2.05. The molecule has 0 aromatic rings. The zero-order valence-corrected chi connectivity index (χ0v) is 8.47. The Balaban J connectivity index is 0.000000261. The molecule has 0 amide bonds. The first-order valence-electron chi connectivity index (χ1n) is 4.69. The molecular weight excluding hydrogens is 152 g/mol. The van der Waals surface area contributed by atoms with Gasteiger partial charge in [0.25, 0.3) is 0 Å². The Morgan fingerprint density at radius 3 is 2.33 bits per heavy atom. The van der Waals surface area contributed by atoms with Gasteiger partial charge in [-0.15, -0.1) is 0 Å². The van der Waals surface area contributed by atoms with Crippen LogP contribution in [-0.2, 0) is 4.74 Å². The highest BCUT2D eigenvalue weighted by Gasteiger charge is 2.09. The Morgan fingerprint density at radius 2 is 2.08 bits per heavy atom. The van der Waals surface area contributed by atoms with E-state index in [2.05, 4.69) is 26.1 Å². The van der Waals surface area contributed by atoms with Crippen LogP contribution in [0.2, 0.25) is 0 Å². The molecule has 0 aromatic carbocycles. The van der Waals surface area contributed by atoms with Gasteiger partial charge in [0.2, 0.25) is 0 Å². The molecule has 0 bridgehead atoms. The highest BCUT2D eigenvalue weighted by Crippen LogP contribution is 1.91. The fraction of sp³-hybridized carbons (Fsp3) is 1.00. The van der Waals surface area contributed by atoms with Crippen LogP contribution < -0.4 is 11.1 Å². The van der Waals surface area contributed by atoms with Crippen molar-refractivity contribution in [1.29, 1.82) is 0 Å². The quantitative estimate of drug-likeness (QED) is 0.612. The van der Waals surface area contributed by atoms with Gasteiger partial charge in [0.15, 0.2) is 0 Å². The number of nitrogens with two attached hydrogens (primary N) is 1. The summed E-state index contributed by atoms with van der Waals surface area (Å²) < 4.78 is 5.24. The summed E-state index contributed by atoms with van der Waals surface area (Å²) in [6, 6.07) is 0. The second kappa shape index (κ2) is 7.53. The molecule has 0 saturated carbocycles. The van der Waals surface area contributed by atoms with Crippen molar-refractivity contribution in [2.24, 2.45) is 11.7 Å². The van der Waals surface area contributed by atoms with E-state index in [1.54, 1.807) is 0 Å². The number of rotatable bonds is 1. The van der Waals surface area contributed by atoms with E-state index in [4.69, 9.17) is 10.5 Å². The van der Waals surface area contributed by atoms with Crippen molar-refractivity contribution in [2.75, 3.05) is 26.2 Å². The summed E-state index contributed by atoms with van der Waals surface area (Å²) in [7, 11) is 0. The summed E-state index contributed by atoms with van der Waals surface area (Å²) in [6.07, 6.45) is 0.253. The van der Waals surface area contributed by atoms with Crippen molar-refractivity contribution in [3.05, 3.63) is 0 Å². The maximum absolute atomic E-state index is 5.34. The molecule has 74 valence electrons. The van der Waals surface area contributed by atoms with Gasteiger partial charge >= 0.3 is 0 Å². The van der Waals surface area contributed by atoms with Crippen LogP contribution in [0.15, 0.2) is 0 Å². The Labute approximate surface area is 75.7 Å². The topological polar surface area (TPSA) is 47.3 Å². The van der Waals surface area contributed by atoms with Crippen LogP contribution in [0.5, 0.6) is 0 Å². The number of ether oxygens (including phenoxy) is 1. The number of hydrogen-bond acceptors (Lipinski definition) is 3. The van der Waals surface area contributed by atoms with E-state index >= 15 is 0 Å². The molecule has 3 nitrogen and oxygen atoms in total. The maximum Gasteiger partial charge on any atom is 0.0822 e. The number of hydrogen-bond donors (Lipinski definition) is 2. The molecule has 1 unspecified atom stereocenters. The van der Waals surface area contributed by atoms with Gasteiger partial charge in [-0.3, -0.25) is 0 Å². The first kappa shape index (κ1) is 11.9. The molecule has 1 saturated heterocycles. The third-order valence-electron chi connectivity index (χ3n) is 1.27. The van der Waals surface area contributed by atoms with Crippen molar-refractivity contribution in [2.45, 2.75) is 26.9 Å². The zero-order valence-electron chi connectivity index (χ0n) is 8.47. The summed E-state index contributed by atoms with van der Waals surface area (Å²) in [4.78, 5) is 0. The van der Waals surface area contributed by atoms with Gasteiger partial charge in [0, 0.05) is 19.6 Å². The first-order chi connectivity index (χ1) is 5.66. The van der Waals surface area contributed by atoms with E-state index < -0.39 is 0 Å². The summed E-state index contributed by atoms with van der Waals surface area (Å²) >= 11 is 0. The summed E-state index contributed by atoms with van der Waals surface area (Å²) in [5.74, 6) is 0.833. The Morgan fingerprint density at radius 1 is 1.50 bits per heavy atom. The summed E-state index contributed by atoms with van der Waals surface area (Å²) in [5.41, 5.74) is 5.34. The Kier molecular flexibility index (Phi) is 7.45. The lowest BCUT2D eigenvalue weighted by Crippen LogP contribution is -2.42. The van der Waals surface area contributed by atoms with E-state index in [-0.39, 0.29) is 6.10 Å². The second-order valence-electron chi connectivity index (χ2n) is 3.66. The van der Waals surface area contributed by atoms with E-state index in [0.717, 1.165) is 25.6 Å².